The number of alkyl halides is 3. The van der Waals surface area contributed by atoms with Gasteiger partial charge < -0.3 is 10.1 Å². The summed E-state index contributed by atoms with van der Waals surface area (Å²) in [6.07, 6.45) is -5.28. The number of halogens is 4. The number of aromatic nitrogens is 1. The molecule has 0 unspecified atom stereocenters. The number of fused-ring (bicyclic) bond motifs is 1. The van der Waals surface area contributed by atoms with Crippen molar-refractivity contribution in [3.63, 3.8) is 0 Å². The molecule has 22 heavy (non-hydrogen) atoms. The molecule has 116 valence electrons. The van der Waals surface area contributed by atoms with E-state index in [9.17, 15) is 42.5 Å². The lowest BCUT2D eigenvalue weighted by atomic mass is 10.1. The second-order valence-corrected chi connectivity index (χ2v) is 4.01. The Kier molecular flexibility index (Phi) is 3.31. The lowest BCUT2D eigenvalue weighted by Gasteiger charge is -2.11. The molecule has 0 fully saturated rings. The first kappa shape index (κ1) is 15.3. The highest BCUT2D eigenvalue weighted by atomic mass is 19.4. The zero-order valence-electron chi connectivity index (χ0n) is 10.1. The van der Waals surface area contributed by atoms with Crippen molar-refractivity contribution in [2.75, 3.05) is 0 Å². The lowest BCUT2D eigenvalue weighted by molar-refractivity contribution is -0.386. The van der Waals surface area contributed by atoms with Gasteiger partial charge in [0.05, 0.1) is 10.4 Å². The molecule has 0 amide bonds. The molecule has 8 nitrogen and oxygen atoms in total. The zero-order chi connectivity index (χ0) is 16.8. The summed E-state index contributed by atoms with van der Waals surface area (Å²) in [5.41, 5.74) is -7.20. The zero-order valence-corrected chi connectivity index (χ0v) is 10.1. The van der Waals surface area contributed by atoms with Crippen molar-refractivity contribution in [3.05, 3.63) is 42.8 Å². The summed E-state index contributed by atoms with van der Waals surface area (Å²) in [6, 6.07) is 0.0768. The van der Waals surface area contributed by atoms with E-state index in [4.69, 9.17) is 0 Å². The number of aromatic amines is 1. The van der Waals surface area contributed by atoms with Gasteiger partial charge in [-0.05, 0) is 11.2 Å². The van der Waals surface area contributed by atoms with Gasteiger partial charge in [0.2, 0.25) is 11.5 Å². The molecule has 0 aliphatic carbocycles. The van der Waals surface area contributed by atoms with Gasteiger partial charge in [-0.25, -0.2) is 0 Å². The van der Waals surface area contributed by atoms with E-state index >= 15 is 0 Å². The molecule has 0 aliphatic rings. The number of hydrogen-bond donors (Lipinski definition) is 2. The van der Waals surface area contributed by atoms with E-state index in [1.807, 2.05) is 0 Å². The minimum absolute atomic E-state index is 0.0768. The third-order valence-electron chi connectivity index (χ3n) is 2.74. The van der Waals surface area contributed by atoms with Crippen LogP contribution < -0.4 is 5.56 Å². The van der Waals surface area contributed by atoms with E-state index in [2.05, 4.69) is 5.18 Å². The maximum atomic E-state index is 13.8. The van der Waals surface area contributed by atoms with Gasteiger partial charge >= 0.3 is 11.9 Å². The summed E-state index contributed by atoms with van der Waals surface area (Å²) in [6.45, 7) is 0. The standard InChI is InChI=1S/C10H3F4N3O5/c11-5-2(10(12,13)14)1-3-4(7(5)17(21)22)8(18)6(16-20)9(19)15-3/h1H,(H2,15,18,19). The number of benzene rings is 1. The van der Waals surface area contributed by atoms with Gasteiger partial charge in [-0.15, -0.1) is 4.91 Å². The molecule has 0 radical (unpaired) electrons. The molecule has 0 saturated carbocycles. The van der Waals surface area contributed by atoms with Crippen LogP contribution in [0.5, 0.6) is 5.75 Å². The topological polar surface area (TPSA) is 126 Å². The van der Waals surface area contributed by atoms with Crippen LogP contribution >= 0.6 is 0 Å². The summed E-state index contributed by atoms with van der Waals surface area (Å²) >= 11 is 0. The second-order valence-electron chi connectivity index (χ2n) is 4.01. The summed E-state index contributed by atoms with van der Waals surface area (Å²) in [4.78, 5) is 32.8. The highest BCUT2D eigenvalue weighted by Crippen LogP contribution is 2.43. The van der Waals surface area contributed by atoms with Crippen molar-refractivity contribution in [2.24, 2.45) is 5.18 Å². The quantitative estimate of drug-likeness (QED) is 0.380. The number of nitro benzene ring substituents is 1. The van der Waals surface area contributed by atoms with Crippen molar-refractivity contribution < 1.29 is 27.6 Å². The SMILES string of the molecule is O=Nc1c(O)c2c([N+](=O)[O-])c(F)c(C(F)(F)F)cc2[nH]c1=O. The van der Waals surface area contributed by atoms with Crippen molar-refractivity contribution >= 4 is 22.3 Å². The Morgan fingerprint density at radius 2 is 1.95 bits per heavy atom. The van der Waals surface area contributed by atoms with Gasteiger partial charge in [-0.2, -0.15) is 17.6 Å². The summed E-state index contributed by atoms with van der Waals surface area (Å²) in [5, 5.41) is 21.5. The smallest absolute Gasteiger partial charge is 0.419 e. The second kappa shape index (κ2) is 4.75. The molecular formula is C10H3F4N3O5. The predicted molar refractivity (Wildman–Crippen MR) is 63.3 cm³/mol. The number of nitro groups is 1. The van der Waals surface area contributed by atoms with Crippen molar-refractivity contribution in [1.82, 2.24) is 4.98 Å². The Labute approximate surface area is 116 Å². The maximum absolute atomic E-state index is 13.8. The van der Waals surface area contributed by atoms with Crippen LogP contribution in [0.4, 0.5) is 28.9 Å². The number of aromatic hydroxyl groups is 1. The molecule has 1 aromatic carbocycles. The third kappa shape index (κ3) is 2.13. The predicted octanol–water partition coefficient (Wildman–Crippen LogP) is 2.70. The highest BCUT2D eigenvalue weighted by molar-refractivity contribution is 5.97. The number of nitrogens with one attached hydrogen (secondary N) is 1. The van der Waals surface area contributed by atoms with Crippen LogP contribution in [-0.2, 0) is 6.18 Å². The largest absolute Gasteiger partial charge is 0.505 e. The molecule has 0 bridgehead atoms. The Morgan fingerprint density at radius 3 is 2.41 bits per heavy atom. The number of hydrogen-bond acceptors (Lipinski definition) is 6. The Balaban J connectivity index is 3.14. The average molecular weight is 321 g/mol. The first-order chi connectivity index (χ1) is 10.1. The minimum Gasteiger partial charge on any atom is -0.505 e. The van der Waals surface area contributed by atoms with Gasteiger partial charge in [0, 0.05) is 0 Å². The fraction of sp³-hybridized carbons (Fsp3) is 0.100. The minimum atomic E-state index is -5.28. The highest BCUT2D eigenvalue weighted by Gasteiger charge is 2.40. The summed E-state index contributed by atoms with van der Waals surface area (Å²) in [7, 11) is 0. The summed E-state index contributed by atoms with van der Waals surface area (Å²) < 4.78 is 51.8. The first-order valence-corrected chi connectivity index (χ1v) is 5.26. The van der Waals surface area contributed by atoms with Crippen molar-refractivity contribution in [3.8, 4) is 5.75 Å². The number of nitrogens with zero attached hydrogens (tertiary/aromatic N) is 2. The molecule has 1 heterocycles. The molecule has 12 heteroatoms. The molecule has 2 aromatic rings. The Morgan fingerprint density at radius 1 is 1.36 bits per heavy atom. The van der Waals surface area contributed by atoms with Crippen LogP contribution in [-0.4, -0.2) is 15.0 Å². The molecule has 0 spiro atoms. The fourth-order valence-corrected chi connectivity index (χ4v) is 1.85. The monoisotopic (exact) mass is 321 g/mol. The Hall–Kier alpha value is -3.05. The molecule has 0 saturated heterocycles. The van der Waals surface area contributed by atoms with Crippen LogP contribution in [0.15, 0.2) is 16.0 Å². The average Bonchev–Trinajstić information content (AvgIpc) is 2.37. The number of rotatable bonds is 2. The van der Waals surface area contributed by atoms with E-state index in [1.165, 1.54) is 0 Å². The van der Waals surface area contributed by atoms with Gasteiger partial charge in [0.1, 0.15) is 10.9 Å². The molecule has 1 aromatic heterocycles. The van der Waals surface area contributed by atoms with Gasteiger partial charge in [0.25, 0.3) is 5.56 Å². The molecule has 0 aliphatic heterocycles. The lowest BCUT2D eigenvalue weighted by Crippen LogP contribution is -2.13. The van der Waals surface area contributed by atoms with Crippen molar-refractivity contribution in [2.45, 2.75) is 6.18 Å². The van der Waals surface area contributed by atoms with Crippen LogP contribution in [0.1, 0.15) is 5.56 Å². The molecule has 0 atom stereocenters. The third-order valence-corrected chi connectivity index (χ3v) is 2.74. The van der Waals surface area contributed by atoms with E-state index in [-0.39, 0.29) is 6.07 Å². The van der Waals surface area contributed by atoms with E-state index in [0.717, 1.165) is 0 Å². The normalized spacial score (nSPS) is 11.6. The van der Waals surface area contributed by atoms with Gasteiger partial charge in [-0.3, -0.25) is 14.9 Å². The number of nitroso groups, excluding NO2 is 1. The van der Waals surface area contributed by atoms with Crippen LogP contribution in [0.2, 0.25) is 0 Å². The van der Waals surface area contributed by atoms with Gasteiger partial charge in [0.15, 0.2) is 5.75 Å². The van der Waals surface area contributed by atoms with Gasteiger partial charge in [-0.1, -0.05) is 0 Å². The number of pyridine rings is 1. The first-order valence-electron chi connectivity index (χ1n) is 5.26. The van der Waals surface area contributed by atoms with Crippen LogP contribution in [0.3, 0.4) is 0 Å². The Bertz CT molecular complexity index is 874. The van der Waals surface area contributed by atoms with E-state index in [0.29, 0.717) is 0 Å². The van der Waals surface area contributed by atoms with Crippen LogP contribution in [0, 0.1) is 20.8 Å². The fourth-order valence-electron chi connectivity index (χ4n) is 1.85. The summed E-state index contributed by atoms with van der Waals surface area (Å²) in [5.74, 6) is -3.64. The van der Waals surface area contributed by atoms with Crippen molar-refractivity contribution in [1.29, 1.82) is 0 Å². The van der Waals surface area contributed by atoms with E-state index in [1.54, 1.807) is 4.98 Å². The van der Waals surface area contributed by atoms with Crippen LogP contribution in [0.25, 0.3) is 10.9 Å². The molecule has 2 rings (SSSR count). The molecular weight excluding hydrogens is 318 g/mol. The number of H-pyrrole nitrogens is 1. The molecule has 2 N–H and O–H groups in total. The van der Waals surface area contributed by atoms with E-state index < -0.39 is 56.1 Å². The maximum Gasteiger partial charge on any atom is 0.419 e.